The van der Waals surface area contributed by atoms with Crippen molar-refractivity contribution >= 4 is 10.9 Å². The molecule has 1 nitrogen and oxygen atoms in total. The molecule has 15 heavy (non-hydrogen) atoms. The summed E-state index contributed by atoms with van der Waals surface area (Å²) in [6.45, 7) is 4.25. The van der Waals surface area contributed by atoms with Crippen LogP contribution in [0.5, 0.6) is 0 Å². The van der Waals surface area contributed by atoms with E-state index in [-0.39, 0.29) is 5.82 Å². The van der Waals surface area contributed by atoms with Crippen LogP contribution in [0, 0.1) is 11.7 Å². The Bertz CT molecular complexity index is 477. The van der Waals surface area contributed by atoms with Gasteiger partial charge in [0.2, 0.25) is 0 Å². The lowest BCUT2D eigenvalue weighted by molar-refractivity contribution is 0.616. The maximum atomic E-state index is 13.3. The standard InChI is InChI=1S/C13H14FN/c1-9(2)6-11-8-12(14)7-10-4-3-5-15-13(10)11/h3-5,7-9H,6H2,1-2H3. The second-order valence-corrected chi connectivity index (χ2v) is 4.24. The molecule has 2 rings (SSSR count). The Morgan fingerprint density at radius 2 is 2.13 bits per heavy atom. The van der Waals surface area contributed by atoms with Gasteiger partial charge < -0.3 is 0 Å². The number of rotatable bonds is 2. The molecule has 0 aliphatic rings. The van der Waals surface area contributed by atoms with Crippen LogP contribution in [0.15, 0.2) is 30.5 Å². The van der Waals surface area contributed by atoms with E-state index in [9.17, 15) is 4.39 Å². The minimum atomic E-state index is -0.175. The molecule has 0 saturated heterocycles. The molecule has 78 valence electrons. The molecule has 0 amide bonds. The van der Waals surface area contributed by atoms with Gasteiger partial charge in [-0.3, -0.25) is 4.98 Å². The first-order chi connectivity index (χ1) is 7.16. The summed E-state index contributed by atoms with van der Waals surface area (Å²) in [5.74, 6) is 0.336. The molecule has 0 unspecified atom stereocenters. The van der Waals surface area contributed by atoms with E-state index in [4.69, 9.17) is 0 Å². The highest BCUT2D eigenvalue weighted by molar-refractivity contribution is 5.81. The molecule has 0 atom stereocenters. The molecule has 1 aromatic carbocycles. The largest absolute Gasteiger partial charge is 0.256 e. The Balaban J connectivity index is 2.60. The average Bonchev–Trinajstić information content (AvgIpc) is 2.16. The summed E-state index contributed by atoms with van der Waals surface area (Å²) in [5.41, 5.74) is 1.92. The third-order valence-electron chi connectivity index (χ3n) is 2.38. The minimum absolute atomic E-state index is 0.175. The monoisotopic (exact) mass is 203 g/mol. The lowest BCUT2D eigenvalue weighted by Crippen LogP contribution is -1.97. The van der Waals surface area contributed by atoms with Crippen LogP contribution < -0.4 is 0 Å². The van der Waals surface area contributed by atoms with E-state index >= 15 is 0 Å². The van der Waals surface area contributed by atoms with Crippen molar-refractivity contribution < 1.29 is 4.39 Å². The van der Waals surface area contributed by atoms with Crippen LogP contribution in [-0.2, 0) is 6.42 Å². The van der Waals surface area contributed by atoms with E-state index in [1.54, 1.807) is 12.3 Å². The molecule has 0 aliphatic carbocycles. The number of hydrogen-bond acceptors (Lipinski definition) is 1. The number of aromatic nitrogens is 1. The number of halogens is 1. The van der Waals surface area contributed by atoms with Gasteiger partial charge in [0.25, 0.3) is 0 Å². The summed E-state index contributed by atoms with van der Waals surface area (Å²) in [7, 11) is 0. The highest BCUT2D eigenvalue weighted by atomic mass is 19.1. The van der Waals surface area contributed by atoms with Gasteiger partial charge in [0, 0.05) is 11.6 Å². The summed E-state index contributed by atoms with van der Waals surface area (Å²) >= 11 is 0. The molecule has 1 aromatic heterocycles. The Morgan fingerprint density at radius 1 is 1.33 bits per heavy atom. The van der Waals surface area contributed by atoms with Gasteiger partial charge in [0.1, 0.15) is 5.82 Å². The lowest BCUT2D eigenvalue weighted by atomic mass is 10.00. The summed E-state index contributed by atoms with van der Waals surface area (Å²) in [6, 6.07) is 6.86. The van der Waals surface area contributed by atoms with Gasteiger partial charge in [-0.1, -0.05) is 19.9 Å². The molecule has 2 aromatic rings. The predicted molar refractivity (Wildman–Crippen MR) is 60.2 cm³/mol. The Morgan fingerprint density at radius 3 is 2.87 bits per heavy atom. The van der Waals surface area contributed by atoms with E-state index in [1.165, 1.54) is 6.07 Å². The molecule has 0 N–H and O–H groups in total. The van der Waals surface area contributed by atoms with Gasteiger partial charge in [0.05, 0.1) is 5.52 Å². The average molecular weight is 203 g/mol. The highest BCUT2D eigenvalue weighted by Crippen LogP contribution is 2.20. The van der Waals surface area contributed by atoms with E-state index in [0.717, 1.165) is 22.9 Å². The number of fused-ring (bicyclic) bond motifs is 1. The van der Waals surface area contributed by atoms with E-state index in [0.29, 0.717) is 5.92 Å². The summed E-state index contributed by atoms with van der Waals surface area (Å²) in [4.78, 5) is 4.31. The van der Waals surface area contributed by atoms with Crippen molar-refractivity contribution in [1.29, 1.82) is 0 Å². The van der Waals surface area contributed by atoms with Crippen molar-refractivity contribution in [3.05, 3.63) is 41.8 Å². The van der Waals surface area contributed by atoms with Crippen molar-refractivity contribution in [2.75, 3.05) is 0 Å². The van der Waals surface area contributed by atoms with Crippen LogP contribution in [0.2, 0.25) is 0 Å². The summed E-state index contributed by atoms with van der Waals surface area (Å²) in [6.07, 6.45) is 2.62. The zero-order chi connectivity index (χ0) is 10.8. The fraction of sp³-hybridized carbons (Fsp3) is 0.308. The van der Waals surface area contributed by atoms with Crippen molar-refractivity contribution in [3.8, 4) is 0 Å². The highest BCUT2D eigenvalue weighted by Gasteiger charge is 2.06. The first-order valence-corrected chi connectivity index (χ1v) is 5.20. The maximum absolute atomic E-state index is 13.3. The Labute approximate surface area is 89.0 Å². The predicted octanol–water partition coefficient (Wildman–Crippen LogP) is 3.57. The summed E-state index contributed by atoms with van der Waals surface area (Å²) < 4.78 is 13.3. The molecule has 1 heterocycles. The van der Waals surface area contributed by atoms with Crippen LogP contribution in [0.3, 0.4) is 0 Å². The number of pyridine rings is 1. The maximum Gasteiger partial charge on any atom is 0.124 e. The van der Waals surface area contributed by atoms with Gasteiger partial charge in [-0.25, -0.2) is 4.39 Å². The number of hydrogen-bond donors (Lipinski definition) is 0. The van der Waals surface area contributed by atoms with Gasteiger partial charge in [-0.05, 0) is 36.1 Å². The first-order valence-electron chi connectivity index (χ1n) is 5.20. The van der Waals surface area contributed by atoms with Crippen molar-refractivity contribution in [1.82, 2.24) is 4.98 Å². The van der Waals surface area contributed by atoms with Gasteiger partial charge in [0.15, 0.2) is 0 Å². The second-order valence-electron chi connectivity index (χ2n) is 4.24. The molecular formula is C13H14FN. The zero-order valence-corrected chi connectivity index (χ0v) is 9.00. The molecular weight excluding hydrogens is 189 g/mol. The quantitative estimate of drug-likeness (QED) is 0.727. The molecule has 0 spiro atoms. The lowest BCUT2D eigenvalue weighted by Gasteiger charge is -2.08. The number of nitrogens with zero attached hydrogens (tertiary/aromatic N) is 1. The fourth-order valence-corrected chi connectivity index (χ4v) is 1.82. The van der Waals surface area contributed by atoms with Gasteiger partial charge >= 0.3 is 0 Å². The fourth-order valence-electron chi connectivity index (χ4n) is 1.82. The van der Waals surface area contributed by atoms with Crippen LogP contribution in [-0.4, -0.2) is 4.98 Å². The molecule has 0 bridgehead atoms. The van der Waals surface area contributed by atoms with Gasteiger partial charge in [-0.2, -0.15) is 0 Å². The van der Waals surface area contributed by atoms with Crippen molar-refractivity contribution in [3.63, 3.8) is 0 Å². The third kappa shape index (κ3) is 2.14. The Hall–Kier alpha value is -1.44. The molecule has 0 fully saturated rings. The van der Waals surface area contributed by atoms with Crippen LogP contribution in [0.4, 0.5) is 4.39 Å². The zero-order valence-electron chi connectivity index (χ0n) is 9.00. The second kappa shape index (κ2) is 3.97. The smallest absolute Gasteiger partial charge is 0.124 e. The van der Waals surface area contributed by atoms with E-state index in [1.807, 2.05) is 12.1 Å². The van der Waals surface area contributed by atoms with Crippen molar-refractivity contribution in [2.24, 2.45) is 5.92 Å². The normalized spacial score (nSPS) is 11.2. The Kier molecular flexibility index (Phi) is 2.67. The van der Waals surface area contributed by atoms with Crippen LogP contribution in [0.25, 0.3) is 10.9 Å². The first kappa shape index (κ1) is 10.1. The molecule has 0 radical (unpaired) electrons. The third-order valence-corrected chi connectivity index (χ3v) is 2.38. The van der Waals surface area contributed by atoms with Crippen LogP contribution >= 0.6 is 0 Å². The van der Waals surface area contributed by atoms with Gasteiger partial charge in [-0.15, -0.1) is 0 Å². The summed E-state index contributed by atoms with van der Waals surface area (Å²) in [5, 5.41) is 0.883. The molecule has 0 aliphatic heterocycles. The van der Waals surface area contributed by atoms with E-state index < -0.39 is 0 Å². The van der Waals surface area contributed by atoms with E-state index in [2.05, 4.69) is 18.8 Å². The molecule has 0 saturated carbocycles. The molecule has 2 heteroatoms. The van der Waals surface area contributed by atoms with Crippen molar-refractivity contribution in [2.45, 2.75) is 20.3 Å². The van der Waals surface area contributed by atoms with Crippen LogP contribution in [0.1, 0.15) is 19.4 Å². The minimum Gasteiger partial charge on any atom is -0.256 e. The SMILES string of the molecule is CC(C)Cc1cc(F)cc2cccnc12. The number of benzene rings is 1. The topological polar surface area (TPSA) is 12.9 Å².